The summed E-state index contributed by atoms with van der Waals surface area (Å²) in [5, 5.41) is 10.2. The van der Waals surface area contributed by atoms with Crippen LogP contribution in [-0.2, 0) is 11.3 Å². The quantitative estimate of drug-likeness (QED) is 0.901. The number of amides is 2. The third kappa shape index (κ3) is 3.46. The molecule has 1 N–H and O–H groups in total. The maximum atomic E-state index is 12.5. The number of aliphatic hydroxyl groups excluding tert-OH is 1. The molecule has 0 spiro atoms. The summed E-state index contributed by atoms with van der Waals surface area (Å²) in [5.41, 5.74) is 1.44. The molecule has 24 heavy (non-hydrogen) atoms. The lowest BCUT2D eigenvalue weighted by Gasteiger charge is -2.21. The van der Waals surface area contributed by atoms with Gasteiger partial charge in [-0.15, -0.1) is 0 Å². The summed E-state index contributed by atoms with van der Waals surface area (Å²) in [6, 6.07) is 9.55. The summed E-state index contributed by atoms with van der Waals surface area (Å²) in [5.74, 6) is -0.536. The van der Waals surface area contributed by atoms with E-state index in [-0.39, 0.29) is 31.3 Å². The second-order valence-electron chi connectivity index (χ2n) is 5.87. The van der Waals surface area contributed by atoms with Gasteiger partial charge in [0.05, 0.1) is 11.8 Å². The van der Waals surface area contributed by atoms with Crippen LogP contribution in [0.15, 0.2) is 41.1 Å². The van der Waals surface area contributed by atoms with Crippen molar-refractivity contribution in [2.24, 2.45) is 0 Å². The lowest BCUT2D eigenvalue weighted by molar-refractivity contribution is -0.131. The third-order valence-electron chi connectivity index (χ3n) is 3.98. The number of hydrogen-bond acceptors (Lipinski definition) is 5. The lowest BCUT2D eigenvalue weighted by atomic mass is 10.2. The molecule has 7 nitrogen and oxygen atoms in total. The van der Waals surface area contributed by atoms with Crippen LogP contribution in [0.5, 0.6) is 0 Å². The first-order valence-corrected chi connectivity index (χ1v) is 7.73. The summed E-state index contributed by atoms with van der Waals surface area (Å²) >= 11 is 0. The maximum Gasteiger partial charge on any atom is 0.292 e. The number of β-amino-alcohol motifs (C(OH)–C–C–N with tert-alkyl or cyclic N) is 1. The van der Waals surface area contributed by atoms with Crippen molar-refractivity contribution < 1.29 is 19.1 Å². The van der Waals surface area contributed by atoms with Crippen molar-refractivity contribution in [3.05, 3.63) is 53.7 Å². The third-order valence-corrected chi connectivity index (χ3v) is 3.98. The summed E-state index contributed by atoms with van der Waals surface area (Å²) < 4.78 is 5.10. The Labute approximate surface area is 139 Å². The van der Waals surface area contributed by atoms with Crippen LogP contribution in [0, 0.1) is 6.92 Å². The van der Waals surface area contributed by atoms with Gasteiger partial charge in [0.2, 0.25) is 11.7 Å². The number of oxazole rings is 1. The van der Waals surface area contributed by atoms with Gasteiger partial charge in [-0.3, -0.25) is 9.59 Å². The molecule has 0 aliphatic carbocycles. The molecule has 1 aromatic carbocycles. The van der Waals surface area contributed by atoms with Crippen LogP contribution >= 0.6 is 0 Å². The number of carbonyl (C=O) groups excluding carboxylic acids is 2. The van der Waals surface area contributed by atoms with Gasteiger partial charge in [0.1, 0.15) is 6.54 Å². The first-order valence-electron chi connectivity index (χ1n) is 7.73. The highest BCUT2D eigenvalue weighted by molar-refractivity contribution is 5.95. The zero-order chi connectivity index (χ0) is 17.1. The monoisotopic (exact) mass is 329 g/mol. The summed E-state index contributed by atoms with van der Waals surface area (Å²) in [6.45, 7) is 2.24. The molecule has 1 aromatic heterocycles. The van der Waals surface area contributed by atoms with E-state index >= 15 is 0 Å². The van der Waals surface area contributed by atoms with Gasteiger partial charge in [0, 0.05) is 19.6 Å². The molecule has 1 atom stereocenters. The molecule has 126 valence electrons. The van der Waals surface area contributed by atoms with E-state index in [0.717, 1.165) is 5.56 Å². The molecule has 1 fully saturated rings. The topological polar surface area (TPSA) is 86.9 Å². The molecule has 7 heteroatoms. The number of aryl methyl sites for hydroxylation is 1. The van der Waals surface area contributed by atoms with Crippen molar-refractivity contribution in [1.82, 2.24) is 14.8 Å². The minimum Gasteiger partial charge on any atom is -0.438 e. The van der Waals surface area contributed by atoms with Gasteiger partial charge in [-0.05, 0) is 12.5 Å². The van der Waals surface area contributed by atoms with E-state index in [1.807, 2.05) is 30.3 Å². The van der Waals surface area contributed by atoms with Crippen molar-refractivity contribution >= 4 is 11.8 Å². The fourth-order valence-electron chi connectivity index (χ4n) is 2.76. The molecule has 1 saturated heterocycles. The molecule has 1 aliphatic rings. The maximum absolute atomic E-state index is 12.5. The molecule has 2 amide bonds. The molecule has 0 radical (unpaired) electrons. The molecule has 2 heterocycles. The van der Waals surface area contributed by atoms with Gasteiger partial charge >= 0.3 is 0 Å². The van der Waals surface area contributed by atoms with E-state index in [4.69, 9.17) is 4.42 Å². The van der Waals surface area contributed by atoms with Crippen LogP contribution in [0.2, 0.25) is 0 Å². The Hall–Kier alpha value is -2.67. The number of carbonyl (C=O) groups is 2. The van der Waals surface area contributed by atoms with Crippen molar-refractivity contribution in [3.8, 4) is 0 Å². The molecule has 1 unspecified atom stereocenters. The van der Waals surface area contributed by atoms with Crippen LogP contribution in [0.4, 0.5) is 0 Å². The zero-order valence-electron chi connectivity index (χ0n) is 13.4. The Morgan fingerprint density at radius 2 is 2.08 bits per heavy atom. The van der Waals surface area contributed by atoms with Gasteiger partial charge in [0.15, 0.2) is 6.39 Å². The fraction of sp³-hybridized carbons (Fsp3) is 0.353. The summed E-state index contributed by atoms with van der Waals surface area (Å²) in [6.07, 6.45) is 0.382. The largest absolute Gasteiger partial charge is 0.438 e. The Morgan fingerprint density at radius 3 is 2.75 bits per heavy atom. The molecule has 0 bridgehead atoms. The van der Waals surface area contributed by atoms with E-state index in [0.29, 0.717) is 12.2 Å². The zero-order valence-corrected chi connectivity index (χ0v) is 13.4. The smallest absolute Gasteiger partial charge is 0.292 e. The Balaban J connectivity index is 1.74. The van der Waals surface area contributed by atoms with Gasteiger partial charge in [-0.25, -0.2) is 4.98 Å². The first-order chi connectivity index (χ1) is 11.5. The number of hydrogen-bond donors (Lipinski definition) is 1. The molecule has 0 saturated carbocycles. The normalized spacial score (nSPS) is 18.6. The van der Waals surface area contributed by atoms with Gasteiger partial charge in [-0.1, -0.05) is 30.3 Å². The Morgan fingerprint density at radius 1 is 1.33 bits per heavy atom. The highest BCUT2D eigenvalue weighted by atomic mass is 16.4. The predicted molar refractivity (Wildman–Crippen MR) is 85.0 cm³/mol. The van der Waals surface area contributed by atoms with Gasteiger partial charge < -0.3 is 19.3 Å². The van der Waals surface area contributed by atoms with Gasteiger partial charge in [0.25, 0.3) is 5.91 Å². The van der Waals surface area contributed by atoms with Crippen molar-refractivity contribution in [1.29, 1.82) is 0 Å². The molecule has 2 aromatic rings. The van der Waals surface area contributed by atoms with Gasteiger partial charge in [-0.2, -0.15) is 0 Å². The van der Waals surface area contributed by atoms with Crippen molar-refractivity contribution in [2.75, 3.05) is 19.6 Å². The number of benzene rings is 1. The van der Waals surface area contributed by atoms with Crippen LogP contribution in [0.1, 0.15) is 21.8 Å². The first kappa shape index (κ1) is 16.2. The minimum absolute atomic E-state index is 0.0794. The van der Waals surface area contributed by atoms with Crippen molar-refractivity contribution in [3.63, 3.8) is 0 Å². The Bertz CT molecular complexity index is 728. The SMILES string of the molecule is Cc1ncoc1C(=O)N1CC(=O)N(Cc2ccccc2)CC(O)C1. The highest BCUT2D eigenvalue weighted by Gasteiger charge is 2.31. The summed E-state index contributed by atoms with van der Waals surface area (Å²) in [4.78, 5) is 31.8. The second-order valence-corrected chi connectivity index (χ2v) is 5.87. The molecular formula is C17H19N3O4. The predicted octanol–water partition coefficient (Wildman–Crippen LogP) is 0.829. The Kier molecular flexibility index (Phi) is 4.61. The number of aliphatic hydroxyl groups is 1. The average Bonchev–Trinajstić information content (AvgIpc) is 2.93. The summed E-state index contributed by atoms with van der Waals surface area (Å²) in [7, 11) is 0. The van der Waals surface area contributed by atoms with E-state index in [1.165, 1.54) is 11.3 Å². The van der Waals surface area contributed by atoms with E-state index in [9.17, 15) is 14.7 Å². The van der Waals surface area contributed by atoms with Crippen LogP contribution in [-0.4, -0.2) is 57.4 Å². The average molecular weight is 329 g/mol. The van der Waals surface area contributed by atoms with Crippen molar-refractivity contribution in [2.45, 2.75) is 19.6 Å². The minimum atomic E-state index is -0.813. The standard InChI is InChI=1S/C17H19N3O4/c1-12-16(24-11-18-12)17(23)20-9-14(21)8-19(15(22)10-20)7-13-5-3-2-4-6-13/h2-6,11,14,21H,7-10H2,1H3. The fourth-order valence-corrected chi connectivity index (χ4v) is 2.76. The number of aromatic nitrogens is 1. The van der Waals surface area contributed by atoms with E-state index in [2.05, 4.69) is 4.98 Å². The number of rotatable bonds is 3. The van der Waals surface area contributed by atoms with E-state index < -0.39 is 12.0 Å². The lowest BCUT2D eigenvalue weighted by Crippen LogP contribution is -2.39. The van der Waals surface area contributed by atoms with Crippen LogP contribution in [0.25, 0.3) is 0 Å². The second kappa shape index (κ2) is 6.84. The number of nitrogens with zero attached hydrogens (tertiary/aromatic N) is 3. The van der Waals surface area contributed by atoms with E-state index in [1.54, 1.807) is 11.8 Å². The molecular weight excluding hydrogens is 310 g/mol. The molecule has 1 aliphatic heterocycles. The van der Waals surface area contributed by atoms with Crippen LogP contribution in [0.3, 0.4) is 0 Å². The van der Waals surface area contributed by atoms with Crippen LogP contribution < -0.4 is 0 Å². The molecule has 3 rings (SSSR count). The highest BCUT2D eigenvalue weighted by Crippen LogP contribution is 2.15.